The van der Waals surface area contributed by atoms with Crippen molar-refractivity contribution in [3.63, 3.8) is 0 Å². The molecule has 0 aromatic heterocycles. The third-order valence-corrected chi connectivity index (χ3v) is 3.18. The molecule has 0 aliphatic heterocycles. The zero-order valence-electron chi connectivity index (χ0n) is 14.3. The lowest BCUT2D eigenvalue weighted by molar-refractivity contribution is -0.127. The average molecular weight is 373 g/mol. The molecule has 1 atom stereocenters. The monoisotopic (exact) mass is 372 g/mol. The van der Waals surface area contributed by atoms with Crippen molar-refractivity contribution in [2.75, 3.05) is 13.2 Å². The van der Waals surface area contributed by atoms with Gasteiger partial charge in [-0.1, -0.05) is 18.5 Å². The minimum atomic E-state index is -1.22. The first-order chi connectivity index (χ1) is 11.8. The molecular weight excluding hydrogens is 352 g/mol. The molecule has 0 fully saturated rings. The van der Waals surface area contributed by atoms with E-state index < -0.39 is 24.0 Å². The summed E-state index contributed by atoms with van der Waals surface area (Å²) < 4.78 is 16.0. The second-order valence-electron chi connectivity index (χ2n) is 4.97. The Morgan fingerprint density at radius 3 is 2.48 bits per heavy atom. The second-order valence-corrected chi connectivity index (χ2v) is 5.38. The largest absolute Gasteiger partial charge is 0.490 e. The number of esters is 1. The van der Waals surface area contributed by atoms with Crippen LogP contribution in [0, 0.1) is 0 Å². The molecule has 0 radical (unpaired) electrons. The summed E-state index contributed by atoms with van der Waals surface area (Å²) in [5.41, 5.74) is 4.92. The number of carbonyl (C=O) groups is 3. The van der Waals surface area contributed by atoms with Crippen molar-refractivity contribution in [3.05, 3.63) is 22.7 Å². The van der Waals surface area contributed by atoms with Gasteiger partial charge < -0.3 is 19.9 Å². The minimum Gasteiger partial charge on any atom is -0.490 e. The van der Waals surface area contributed by atoms with E-state index in [-0.39, 0.29) is 10.6 Å². The molecule has 0 saturated heterocycles. The molecular formula is C16H21ClN2O6. The molecule has 0 saturated carbocycles. The summed E-state index contributed by atoms with van der Waals surface area (Å²) in [5.74, 6) is -1.01. The summed E-state index contributed by atoms with van der Waals surface area (Å²) >= 11 is 6.16. The summed E-state index contributed by atoms with van der Waals surface area (Å²) in [6.07, 6.45) is -0.441. The van der Waals surface area contributed by atoms with Gasteiger partial charge in [-0.05, 0) is 32.4 Å². The van der Waals surface area contributed by atoms with Crippen LogP contribution in [-0.2, 0) is 9.53 Å². The van der Waals surface area contributed by atoms with Crippen LogP contribution in [0.3, 0.4) is 0 Å². The third-order valence-electron chi connectivity index (χ3n) is 2.90. The SMILES string of the molecule is CCCOc1c(Cl)cc(C(=O)OC(C)C(=O)NC(N)=O)cc1OCC. The number of hydrogen-bond acceptors (Lipinski definition) is 6. The van der Waals surface area contributed by atoms with Crippen LogP contribution in [0.2, 0.25) is 5.02 Å². The number of urea groups is 1. The Balaban J connectivity index is 2.98. The van der Waals surface area contributed by atoms with Crippen molar-refractivity contribution in [3.8, 4) is 11.5 Å². The number of imide groups is 1. The maximum Gasteiger partial charge on any atom is 0.339 e. The van der Waals surface area contributed by atoms with Crippen LogP contribution in [0.25, 0.3) is 0 Å². The number of carbonyl (C=O) groups excluding carboxylic acids is 3. The van der Waals surface area contributed by atoms with Crippen molar-refractivity contribution >= 4 is 29.5 Å². The standard InChI is InChI=1S/C16H21ClN2O6/c1-4-6-24-13-11(17)7-10(8-12(13)23-5-2)15(21)25-9(3)14(20)19-16(18)22/h7-9H,4-6H2,1-3H3,(H3,18,19,20,22). The predicted molar refractivity (Wildman–Crippen MR) is 91.0 cm³/mol. The molecule has 138 valence electrons. The molecule has 1 aromatic rings. The summed E-state index contributed by atoms with van der Waals surface area (Å²) in [5, 5.41) is 2.01. The minimum absolute atomic E-state index is 0.0797. The molecule has 0 aliphatic carbocycles. The number of hydrogen-bond donors (Lipinski definition) is 2. The van der Waals surface area contributed by atoms with Crippen LogP contribution < -0.4 is 20.5 Å². The van der Waals surface area contributed by atoms with E-state index >= 15 is 0 Å². The van der Waals surface area contributed by atoms with Gasteiger partial charge >= 0.3 is 12.0 Å². The Labute approximate surface area is 150 Å². The van der Waals surface area contributed by atoms with Gasteiger partial charge in [-0.25, -0.2) is 9.59 Å². The van der Waals surface area contributed by atoms with E-state index in [1.807, 2.05) is 12.2 Å². The summed E-state index contributed by atoms with van der Waals surface area (Å²) in [6, 6.07) is 1.74. The van der Waals surface area contributed by atoms with E-state index in [2.05, 4.69) is 0 Å². The number of halogens is 1. The smallest absolute Gasteiger partial charge is 0.339 e. The van der Waals surface area contributed by atoms with Gasteiger partial charge in [0.15, 0.2) is 17.6 Å². The maximum absolute atomic E-state index is 12.2. The lowest BCUT2D eigenvalue weighted by Gasteiger charge is -2.16. The maximum atomic E-state index is 12.2. The Hall–Kier alpha value is -2.48. The van der Waals surface area contributed by atoms with Crippen LogP contribution >= 0.6 is 11.6 Å². The first-order valence-electron chi connectivity index (χ1n) is 7.70. The van der Waals surface area contributed by atoms with Crippen LogP contribution in [0.5, 0.6) is 11.5 Å². The fraction of sp³-hybridized carbons (Fsp3) is 0.438. The molecule has 0 heterocycles. The van der Waals surface area contributed by atoms with Crippen LogP contribution in [0.4, 0.5) is 4.79 Å². The number of nitrogens with two attached hydrogens (primary N) is 1. The highest BCUT2D eigenvalue weighted by Gasteiger charge is 2.22. The van der Waals surface area contributed by atoms with Crippen LogP contribution in [0.15, 0.2) is 12.1 Å². The first kappa shape index (κ1) is 20.6. The van der Waals surface area contributed by atoms with E-state index in [9.17, 15) is 14.4 Å². The summed E-state index contributed by atoms with van der Waals surface area (Å²) in [7, 11) is 0. The van der Waals surface area contributed by atoms with Gasteiger partial charge in [0.1, 0.15) is 0 Å². The highest BCUT2D eigenvalue weighted by atomic mass is 35.5. The van der Waals surface area contributed by atoms with E-state index in [0.29, 0.717) is 24.7 Å². The molecule has 0 bridgehead atoms. The zero-order valence-corrected chi connectivity index (χ0v) is 15.0. The molecule has 3 amide bonds. The number of primary amides is 1. The lowest BCUT2D eigenvalue weighted by Crippen LogP contribution is -2.42. The number of ether oxygens (including phenoxy) is 3. The summed E-state index contributed by atoms with van der Waals surface area (Å²) in [4.78, 5) is 34.4. The molecule has 0 spiro atoms. The Morgan fingerprint density at radius 2 is 1.92 bits per heavy atom. The molecule has 1 rings (SSSR count). The predicted octanol–water partition coefficient (Wildman–Crippen LogP) is 2.27. The van der Waals surface area contributed by atoms with Crippen molar-refractivity contribution in [2.45, 2.75) is 33.3 Å². The fourth-order valence-electron chi connectivity index (χ4n) is 1.80. The molecule has 9 heteroatoms. The van der Waals surface area contributed by atoms with E-state index in [0.717, 1.165) is 6.42 Å². The molecule has 8 nitrogen and oxygen atoms in total. The van der Waals surface area contributed by atoms with Crippen molar-refractivity contribution in [1.29, 1.82) is 0 Å². The first-order valence-corrected chi connectivity index (χ1v) is 8.08. The molecule has 3 N–H and O–H groups in total. The zero-order chi connectivity index (χ0) is 19.0. The Bertz CT molecular complexity index is 650. The van der Waals surface area contributed by atoms with E-state index in [1.54, 1.807) is 6.92 Å². The van der Waals surface area contributed by atoms with Gasteiger partial charge in [-0.2, -0.15) is 0 Å². The topological polar surface area (TPSA) is 117 Å². The number of benzene rings is 1. The van der Waals surface area contributed by atoms with Gasteiger partial charge in [0.25, 0.3) is 5.91 Å². The Kier molecular flexibility index (Phi) is 8.00. The van der Waals surface area contributed by atoms with Crippen LogP contribution in [0.1, 0.15) is 37.6 Å². The Morgan fingerprint density at radius 1 is 1.24 bits per heavy atom. The lowest BCUT2D eigenvalue weighted by atomic mass is 10.2. The van der Waals surface area contributed by atoms with Crippen LogP contribution in [-0.4, -0.2) is 37.2 Å². The van der Waals surface area contributed by atoms with E-state index in [1.165, 1.54) is 19.1 Å². The van der Waals surface area contributed by atoms with Gasteiger partial charge in [0.2, 0.25) is 0 Å². The highest BCUT2D eigenvalue weighted by Crippen LogP contribution is 2.37. The average Bonchev–Trinajstić information content (AvgIpc) is 2.53. The van der Waals surface area contributed by atoms with Gasteiger partial charge in [-0.15, -0.1) is 0 Å². The van der Waals surface area contributed by atoms with Gasteiger partial charge in [-0.3, -0.25) is 10.1 Å². The van der Waals surface area contributed by atoms with Crippen molar-refractivity contribution in [1.82, 2.24) is 5.32 Å². The normalized spacial score (nSPS) is 11.4. The molecule has 1 unspecified atom stereocenters. The van der Waals surface area contributed by atoms with Gasteiger partial charge in [0, 0.05) is 0 Å². The number of rotatable bonds is 8. The van der Waals surface area contributed by atoms with Crippen molar-refractivity contribution in [2.24, 2.45) is 5.73 Å². The fourth-order valence-corrected chi connectivity index (χ4v) is 2.06. The number of nitrogens with one attached hydrogen (secondary N) is 1. The third kappa shape index (κ3) is 6.15. The quantitative estimate of drug-likeness (QED) is 0.676. The number of amides is 3. The van der Waals surface area contributed by atoms with Gasteiger partial charge in [0.05, 0.1) is 23.8 Å². The molecule has 1 aromatic carbocycles. The van der Waals surface area contributed by atoms with E-state index in [4.69, 9.17) is 31.5 Å². The molecule has 0 aliphatic rings. The second kappa shape index (κ2) is 9.73. The summed E-state index contributed by atoms with van der Waals surface area (Å²) in [6.45, 7) is 5.81. The molecule has 25 heavy (non-hydrogen) atoms. The van der Waals surface area contributed by atoms with Crippen molar-refractivity contribution < 1.29 is 28.6 Å². The highest BCUT2D eigenvalue weighted by molar-refractivity contribution is 6.32.